The van der Waals surface area contributed by atoms with Crippen molar-refractivity contribution in [2.75, 3.05) is 19.6 Å². The number of nitrogens with one attached hydrogen (secondary N) is 1. The van der Waals surface area contributed by atoms with Crippen LogP contribution in [-0.2, 0) is 11.2 Å². The van der Waals surface area contributed by atoms with Gasteiger partial charge in [0.2, 0.25) is 5.91 Å². The van der Waals surface area contributed by atoms with Gasteiger partial charge in [-0.3, -0.25) is 4.79 Å². The molecule has 5 heteroatoms. The van der Waals surface area contributed by atoms with E-state index in [1.54, 1.807) is 16.2 Å². The summed E-state index contributed by atoms with van der Waals surface area (Å²) in [5, 5.41) is 16.0. The number of rotatable bonds is 2. The zero-order valence-electron chi connectivity index (χ0n) is 8.85. The van der Waals surface area contributed by atoms with E-state index in [4.69, 9.17) is 5.26 Å². The molecule has 1 saturated heterocycles. The van der Waals surface area contributed by atoms with E-state index >= 15 is 0 Å². The summed E-state index contributed by atoms with van der Waals surface area (Å²) in [4.78, 5) is 13.7. The first kappa shape index (κ1) is 11.1. The number of amides is 1. The molecule has 0 radical (unpaired) electrons. The van der Waals surface area contributed by atoms with Gasteiger partial charge in [0.1, 0.15) is 6.04 Å². The van der Waals surface area contributed by atoms with Crippen molar-refractivity contribution in [3.63, 3.8) is 0 Å². The fourth-order valence-corrected chi connectivity index (χ4v) is 2.46. The molecule has 1 aliphatic heterocycles. The molecule has 1 fully saturated rings. The Hall–Kier alpha value is -1.38. The Labute approximate surface area is 98.5 Å². The van der Waals surface area contributed by atoms with Crippen molar-refractivity contribution in [3.05, 3.63) is 22.4 Å². The van der Waals surface area contributed by atoms with Gasteiger partial charge in [-0.25, -0.2) is 0 Å². The average Bonchev–Trinajstić information content (AvgIpc) is 2.81. The molecular weight excluding hydrogens is 222 g/mol. The molecular formula is C11H13N3OS. The van der Waals surface area contributed by atoms with Crippen LogP contribution in [0.2, 0.25) is 0 Å². The van der Waals surface area contributed by atoms with Crippen LogP contribution in [0.5, 0.6) is 0 Å². The van der Waals surface area contributed by atoms with Crippen molar-refractivity contribution < 1.29 is 4.79 Å². The lowest BCUT2D eigenvalue weighted by molar-refractivity contribution is -0.132. The van der Waals surface area contributed by atoms with Gasteiger partial charge in [0, 0.05) is 19.6 Å². The highest BCUT2D eigenvalue weighted by molar-refractivity contribution is 7.07. The van der Waals surface area contributed by atoms with E-state index in [2.05, 4.69) is 11.4 Å². The topological polar surface area (TPSA) is 56.1 Å². The summed E-state index contributed by atoms with van der Waals surface area (Å²) in [5.41, 5.74) is 1.03. The monoisotopic (exact) mass is 235 g/mol. The molecule has 0 aliphatic carbocycles. The lowest BCUT2D eigenvalue weighted by atomic mass is 10.1. The van der Waals surface area contributed by atoms with E-state index in [9.17, 15) is 4.79 Å². The van der Waals surface area contributed by atoms with Gasteiger partial charge in [0.25, 0.3) is 0 Å². The van der Waals surface area contributed by atoms with Crippen molar-refractivity contribution >= 4 is 17.2 Å². The first-order valence-electron chi connectivity index (χ1n) is 5.22. The Kier molecular flexibility index (Phi) is 3.54. The summed E-state index contributed by atoms with van der Waals surface area (Å²) >= 11 is 1.59. The van der Waals surface area contributed by atoms with Crippen molar-refractivity contribution in [1.82, 2.24) is 10.2 Å². The Bertz CT molecular complexity index is 396. The number of hydrogen-bond donors (Lipinski definition) is 1. The number of carbonyl (C=O) groups is 1. The predicted molar refractivity (Wildman–Crippen MR) is 62.0 cm³/mol. The van der Waals surface area contributed by atoms with Crippen LogP contribution in [0.25, 0.3) is 0 Å². The molecule has 2 rings (SSSR count). The maximum absolute atomic E-state index is 12.0. The third kappa shape index (κ3) is 2.40. The summed E-state index contributed by atoms with van der Waals surface area (Å²) in [5.74, 6) is 0.0476. The maximum atomic E-state index is 12.0. The van der Waals surface area contributed by atoms with Gasteiger partial charge in [-0.1, -0.05) is 0 Å². The summed E-state index contributed by atoms with van der Waals surface area (Å²) in [6.07, 6.45) is 0.404. The minimum atomic E-state index is -0.320. The molecule has 1 aromatic heterocycles. The van der Waals surface area contributed by atoms with Crippen LogP contribution in [0.15, 0.2) is 16.8 Å². The standard InChI is InChI=1S/C11H13N3OS/c12-6-10-7-13-2-3-14(10)11(15)5-9-1-4-16-8-9/h1,4,8,10,13H,2-3,5,7H2. The van der Waals surface area contributed by atoms with Gasteiger partial charge in [-0.05, 0) is 22.4 Å². The molecule has 1 amide bonds. The Morgan fingerprint density at radius 1 is 1.75 bits per heavy atom. The Balaban J connectivity index is 2.00. The van der Waals surface area contributed by atoms with Gasteiger partial charge in [0.05, 0.1) is 12.5 Å². The second-order valence-corrected chi connectivity index (χ2v) is 4.52. The smallest absolute Gasteiger partial charge is 0.228 e. The highest BCUT2D eigenvalue weighted by Crippen LogP contribution is 2.10. The molecule has 16 heavy (non-hydrogen) atoms. The molecule has 1 aliphatic rings. The highest BCUT2D eigenvalue weighted by Gasteiger charge is 2.25. The summed E-state index contributed by atoms with van der Waals surface area (Å²) in [6, 6.07) is 3.79. The van der Waals surface area contributed by atoms with Crippen LogP contribution in [0.4, 0.5) is 0 Å². The van der Waals surface area contributed by atoms with Crippen LogP contribution in [-0.4, -0.2) is 36.5 Å². The fourth-order valence-electron chi connectivity index (χ4n) is 1.79. The lowest BCUT2D eigenvalue weighted by Gasteiger charge is -2.32. The van der Waals surface area contributed by atoms with Crippen LogP contribution in [0, 0.1) is 11.3 Å². The number of thiophene rings is 1. The fraction of sp³-hybridized carbons (Fsp3) is 0.455. The lowest BCUT2D eigenvalue weighted by Crippen LogP contribution is -2.53. The molecule has 1 atom stereocenters. The summed E-state index contributed by atoms with van der Waals surface area (Å²) < 4.78 is 0. The molecule has 2 heterocycles. The third-order valence-corrected chi connectivity index (χ3v) is 3.38. The zero-order valence-corrected chi connectivity index (χ0v) is 9.67. The number of nitriles is 1. The van der Waals surface area contributed by atoms with E-state index in [0.717, 1.165) is 12.1 Å². The van der Waals surface area contributed by atoms with Gasteiger partial charge >= 0.3 is 0 Å². The van der Waals surface area contributed by atoms with Gasteiger partial charge in [-0.15, -0.1) is 0 Å². The number of carbonyl (C=O) groups excluding carboxylic acids is 1. The second-order valence-electron chi connectivity index (χ2n) is 3.74. The van der Waals surface area contributed by atoms with E-state index in [1.165, 1.54) is 0 Å². The molecule has 0 bridgehead atoms. The van der Waals surface area contributed by atoms with E-state index in [1.807, 2.05) is 16.8 Å². The molecule has 1 N–H and O–H groups in total. The molecule has 0 saturated carbocycles. The quantitative estimate of drug-likeness (QED) is 0.817. The minimum Gasteiger partial charge on any atom is -0.324 e. The summed E-state index contributed by atoms with van der Waals surface area (Å²) in [6.45, 7) is 1.97. The number of hydrogen-bond acceptors (Lipinski definition) is 4. The highest BCUT2D eigenvalue weighted by atomic mass is 32.1. The van der Waals surface area contributed by atoms with E-state index in [-0.39, 0.29) is 11.9 Å². The molecule has 1 unspecified atom stereocenters. The Morgan fingerprint density at radius 2 is 2.62 bits per heavy atom. The second kappa shape index (κ2) is 5.10. The largest absolute Gasteiger partial charge is 0.324 e. The van der Waals surface area contributed by atoms with Gasteiger partial charge < -0.3 is 10.2 Å². The van der Waals surface area contributed by atoms with Crippen LogP contribution in [0.3, 0.4) is 0 Å². The maximum Gasteiger partial charge on any atom is 0.228 e. The van der Waals surface area contributed by atoms with Crippen LogP contribution < -0.4 is 5.32 Å². The van der Waals surface area contributed by atoms with Gasteiger partial charge in [0.15, 0.2) is 0 Å². The van der Waals surface area contributed by atoms with Crippen LogP contribution >= 0.6 is 11.3 Å². The number of piperazine rings is 1. The first-order valence-corrected chi connectivity index (χ1v) is 6.16. The normalized spacial score (nSPS) is 20.4. The van der Waals surface area contributed by atoms with Crippen molar-refractivity contribution in [2.24, 2.45) is 0 Å². The predicted octanol–water partition coefficient (Wildman–Crippen LogP) is 0.615. The first-order chi connectivity index (χ1) is 7.81. The average molecular weight is 235 g/mol. The molecule has 0 aromatic carbocycles. The molecule has 84 valence electrons. The Morgan fingerprint density at radius 3 is 3.31 bits per heavy atom. The van der Waals surface area contributed by atoms with Crippen molar-refractivity contribution in [1.29, 1.82) is 5.26 Å². The number of nitrogens with zero attached hydrogens (tertiary/aromatic N) is 2. The van der Waals surface area contributed by atoms with Gasteiger partial charge in [-0.2, -0.15) is 16.6 Å². The van der Waals surface area contributed by atoms with Crippen molar-refractivity contribution in [3.8, 4) is 6.07 Å². The summed E-state index contributed by atoms with van der Waals surface area (Å²) in [7, 11) is 0. The van der Waals surface area contributed by atoms with E-state index < -0.39 is 0 Å². The third-order valence-electron chi connectivity index (χ3n) is 2.65. The molecule has 0 spiro atoms. The SMILES string of the molecule is N#CC1CNCCN1C(=O)Cc1ccsc1. The minimum absolute atomic E-state index is 0.0476. The van der Waals surface area contributed by atoms with E-state index in [0.29, 0.717) is 19.5 Å². The molecule has 1 aromatic rings. The van der Waals surface area contributed by atoms with Crippen molar-refractivity contribution in [2.45, 2.75) is 12.5 Å². The molecule has 4 nitrogen and oxygen atoms in total. The van der Waals surface area contributed by atoms with Crippen LogP contribution in [0.1, 0.15) is 5.56 Å². The zero-order chi connectivity index (χ0) is 11.4.